The number of hydrogen-bond acceptors (Lipinski definition) is 3. The lowest BCUT2D eigenvalue weighted by Crippen LogP contribution is -2.39. The Morgan fingerprint density at radius 1 is 1.25 bits per heavy atom. The van der Waals surface area contributed by atoms with E-state index in [-0.39, 0.29) is 17.8 Å². The molecular weight excluding hydrogens is 206 g/mol. The minimum absolute atomic E-state index is 0.00875. The summed E-state index contributed by atoms with van der Waals surface area (Å²) in [6.45, 7) is 9.16. The molecule has 0 saturated carbocycles. The van der Waals surface area contributed by atoms with E-state index in [9.17, 15) is 9.59 Å². The minimum Gasteiger partial charge on any atom is -0.466 e. The van der Waals surface area contributed by atoms with Gasteiger partial charge in [0.15, 0.2) is 0 Å². The molecule has 0 aromatic rings. The number of nitrogens with zero attached hydrogens (tertiary/aromatic N) is 1. The number of likely N-dealkylation sites (tertiary alicyclic amines) is 1. The van der Waals surface area contributed by atoms with E-state index in [1.807, 2.05) is 20.8 Å². The molecule has 1 amide bonds. The van der Waals surface area contributed by atoms with Gasteiger partial charge < -0.3 is 9.64 Å². The first kappa shape index (κ1) is 14.9. The van der Waals surface area contributed by atoms with Crippen LogP contribution in [0.4, 0.5) is 0 Å². The molecule has 1 aliphatic heterocycles. The second kappa shape index (κ2) is 8.13. The summed E-state index contributed by atoms with van der Waals surface area (Å²) in [5.41, 5.74) is 0. The molecule has 1 rings (SSSR count). The number of rotatable bonds is 2. The van der Waals surface area contributed by atoms with Crippen molar-refractivity contribution in [3.05, 3.63) is 0 Å². The standard InChI is InChI=1S/C10H17NO3.C2H6/c1-3-14-10(13)9-4-6-11(7-5-9)8(2)12;1-2/h9H,3-7H2,1-2H3;1-2H3. The number of amides is 1. The average Bonchev–Trinajstić information content (AvgIpc) is 2.32. The van der Waals surface area contributed by atoms with Gasteiger partial charge in [-0.2, -0.15) is 0 Å². The molecule has 1 aliphatic rings. The quantitative estimate of drug-likeness (QED) is 0.679. The molecule has 1 fully saturated rings. The summed E-state index contributed by atoms with van der Waals surface area (Å²) in [5, 5.41) is 0. The molecule has 0 radical (unpaired) electrons. The lowest BCUT2D eigenvalue weighted by molar-refractivity contribution is -0.151. The van der Waals surface area contributed by atoms with Crippen LogP contribution in [0.3, 0.4) is 0 Å². The van der Waals surface area contributed by atoms with Crippen molar-refractivity contribution in [2.24, 2.45) is 5.92 Å². The number of esters is 1. The molecule has 0 aromatic carbocycles. The van der Waals surface area contributed by atoms with Crippen LogP contribution in [0.5, 0.6) is 0 Å². The fourth-order valence-electron chi connectivity index (χ4n) is 1.69. The first-order valence-electron chi connectivity index (χ1n) is 6.07. The number of piperidine rings is 1. The van der Waals surface area contributed by atoms with Crippen LogP contribution in [0.25, 0.3) is 0 Å². The number of hydrogen-bond donors (Lipinski definition) is 0. The Morgan fingerprint density at radius 3 is 2.12 bits per heavy atom. The van der Waals surface area contributed by atoms with E-state index < -0.39 is 0 Å². The third-order valence-corrected chi connectivity index (χ3v) is 2.56. The Morgan fingerprint density at radius 2 is 1.75 bits per heavy atom. The first-order chi connectivity index (χ1) is 7.65. The van der Waals surface area contributed by atoms with Crippen molar-refractivity contribution in [2.75, 3.05) is 19.7 Å². The monoisotopic (exact) mass is 229 g/mol. The zero-order valence-corrected chi connectivity index (χ0v) is 10.8. The van der Waals surface area contributed by atoms with Gasteiger partial charge in [0.1, 0.15) is 0 Å². The summed E-state index contributed by atoms with van der Waals surface area (Å²) in [5.74, 6) is -0.0337. The van der Waals surface area contributed by atoms with Gasteiger partial charge in [-0.05, 0) is 19.8 Å². The van der Waals surface area contributed by atoms with Gasteiger partial charge in [-0.1, -0.05) is 13.8 Å². The average molecular weight is 229 g/mol. The highest BCUT2D eigenvalue weighted by Gasteiger charge is 2.26. The van der Waals surface area contributed by atoms with Crippen LogP contribution in [0.15, 0.2) is 0 Å². The van der Waals surface area contributed by atoms with Gasteiger partial charge in [-0.3, -0.25) is 9.59 Å². The van der Waals surface area contributed by atoms with Crippen LogP contribution in [-0.4, -0.2) is 36.5 Å². The maximum absolute atomic E-state index is 11.3. The van der Waals surface area contributed by atoms with Gasteiger partial charge in [0, 0.05) is 20.0 Å². The molecular formula is C12H23NO3. The molecule has 0 aromatic heterocycles. The summed E-state index contributed by atoms with van der Waals surface area (Å²) in [4.78, 5) is 24.1. The first-order valence-corrected chi connectivity index (χ1v) is 6.07. The minimum atomic E-state index is -0.115. The summed E-state index contributed by atoms with van der Waals surface area (Å²) in [7, 11) is 0. The largest absolute Gasteiger partial charge is 0.466 e. The van der Waals surface area contributed by atoms with Crippen molar-refractivity contribution >= 4 is 11.9 Å². The van der Waals surface area contributed by atoms with Gasteiger partial charge in [0.2, 0.25) is 5.91 Å². The molecule has 0 aliphatic carbocycles. The van der Waals surface area contributed by atoms with Crippen molar-refractivity contribution in [3.8, 4) is 0 Å². The Kier molecular flexibility index (Phi) is 7.60. The van der Waals surface area contributed by atoms with Gasteiger partial charge in [0.25, 0.3) is 0 Å². The molecule has 1 heterocycles. The molecule has 4 nitrogen and oxygen atoms in total. The second-order valence-corrected chi connectivity index (χ2v) is 3.53. The molecule has 0 spiro atoms. The maximum Gasteiger partial charge on any atom is 0.309 e. The van der Waals surface area contributed by atoms with Gasteiger partial charge >= 0.3 is 5.97 Å². The normalized spacial score (nSPS) is 16.1. The summed E-state index contributed by atoms with van der Waals surface area (Å²) in [6, 6.07) is 0. The van der Waals surface area contributed by atoms with E-state index >= 15 is 0 Å². The number of carbonyl (C=O) groups excluding carboxylic acids is 2. The Balaban J connectivity index is 0.00000106. The van der Waals surface area contributed by atoms with Crippen LogP contribution < -0.4 is 0 Å². The van der Waals surface area contributed by atoms with Crippen molar-refractivity contribution < 1.29 is 14.3 Å². The molecule has 1 saturated heterocycles. The van der Waals surface area contributed by atoms with E-state index in [4.69, 9.17) is 4.74 Å². The Bertz CT molecular complexity index is 220. The topological polar surface area (TPSA) is 46.6 Å². The highest BCUT2D eigenvalue weighted by Crippen LogP contribution is 2.18. The molecule has 0 atom stereocenters. The lowest BCUT2D eigenvalue weighted by atomic mass is 9.97. The molecule has 4 heteroatoms. The zero-order valence-electron chi connectivity index (χ0n) is 10.8. The zero-order chi connectivity index (χ0) is 12.6. The van der Waals surface area contributed by atoms with Crippen molar-refractivity contribution in [1.29, 1.82) is 0 Å². The van der Waals surface area contributed by atoms with E-state index in [0.29, 0.717) is 19.7 Å². The molecule has 0 N–H and O–H groups in total. The lowest BCUT2D eigenvalue weighted by Gasteiger charge is -2.29. The molecule has 16 heavy (non-hydrogen) atoms. The van der Waals surface area contributed by atoms with Crippen LogP contribution in [0.1, 0.15) is 40.5 Å². The van der Waals surface area contributed by atoms with Gasteiger partial charge in [-0.15, -0.1) is 0 Å². The summed E-state index contributed by atoms with van der Waals surface area (Å²) >= 11 is 0. The summed E-state index contributed by atoms with van der Waals surface area (Å²) in [6.07, 6.45) is 1.47. The van der Waals surface area contributed by atoms with Crippen molar-refractivity contribution in [2.45, 2.75) is 40.5 Å². The van der Waals surface area contributed by atoms with E-state index in [1.54, 1.807) is 11.8 Å². The maximum atomic E-state index is 11.3. The fourth-order valence-corrected chi connectivity index (χ4v) is 1.69. The molecule has 0 bridgehead atoms. The molecule has 94 valence electrons. The predicted molar refractivity (Wildman–Crippen MR) is 63.0 cm³/mol. The number of carbonyl (C=O) groups is 2. The van der Waals surface area contributed by atoms with E-state index in [0.717, 1.165) is 12.8 Å². The third-order valence-electron chi connectivity index (χ3n) is 2.56. The predicted octanol–water partition coefficient (Wildman–Crippen LogP) is 1.83. The van der Waals surface area contributed by atoms with Crippen LogP contribution in [0.2, 0.25) is 0 Å². The van der Waals surface area contributed by atoms with Crippen molar-refractivity contribution in [1.82, 2.24) is 4.90 Å². The number of ether oxygens (including phenoxy) is 1. The van der Waals surface area contributed by atoms with Crippen molar-refractivity contribution in [3.63, 3.8) is 0 Å². The van der Waals surface area contributed by atoms with Crippen LogP contribution in [-0.2, 0) is 14.3 Å². The van der Waals surface area contributed by atoms with Gasteiger partial charge in [-0.25, -0.2) is 0 Å². The van der Waals surface area contributed by atoms with Crippen LogP contribution in [0, 0.1) is 5.92 Å². The highest BCUT2D eigenvalue weighted by atomic mass is 16.5. The third kappa shape index (κ3) is 4.64. The smallest absolute Gasteiger partial charge is 0.309 e. The highest BCUT2D eigenvalue weighted by molar-refractivity contribution is 5.75. The summed E-state index contributed by atoms with van der Waals surface area (Å²) < 4.78 is 4.93. The SMILES string of the molecule is CC.CCOC(=O)C1CCN(C(C)=O)CC1. The van der Waals surface area contributed by atoms with Crippen LogP contribution >= 0.6 is 0 Å². The second-order valence-electron chi connectivity index (χ2n) is 3.53. The fraction of sp³-hybridized carbons (Fsp3) is 0.833. The van der Waals surface area contributed by atoms with Gasteiger partial charge in [0.05, 0.1) is 12.5 Å². The van der Waals surface area contributed by atoms with E-state index in [2.05, 4.69) is 0 Å². The Labute approximate surface area is 98.0 Å². The Hall–Kier alpha value is -1.06. The van der Waals surface area contributed by atoms with E-state index in [1.165, 1.54) is 0 Å². The molecule has 0 unspecified atom stereocenters.